The van der Waals surface area contributed by atoms with Crippen LogP contribution >= 0.6 is 24.8 Å². The van der Waals surface area contributed by atoms with E-state index in [9.17, 15) is 4.79 Å². The Morgan fingerprint density at radius 1 is 1.38 bits per heavy atom. The highest BCUT2D eigenvalue weighted by atomic mass is 35.5. The van der Waals surface area contributed by atoms with Gasteiger partial charge in [-0.3, -0.25) is 4.79 Å². The first-order chi connectivity index (χ1) is 10.7. The largest absolute Gasteiger partial charge is 0.441 e. The van der Waals surface area contributed by atoms with E-state index in [0.717, 1.165) is 49.1 Å². The molecule has 0 bridgehead atoms. The number of carbonyl (C=O) groups excluding carboxylic acids is 1. The summed E-state index contributed by atoms with van der Waals surface area (Å²) in [5.41, 5.74) is 2.10. The average molecular weight is 372 g/mol. The van der Waals surface area contributed by atoms with Crippen molar-refractivity contribution < 1.29 is 9.21 Å². The van der Waals surface area contributed by atoms with Gasteiger partial charge < -0.3 is 15.1 Å². The summed E-state index contributed by atoms with van der Waals surface area (Å²) in [4.78, 5) is 17.2. The number of hydrogen-bond donors (Lipinski definition) is 2. The number of halogens is 2. The fraction of sp³-hybridized carbons (Fsp3) is 0.529. The molecular weight excluding hydrogens is 349 g/mol. The molecule has 1 saturated heterocycles. The highest BCUT2D eigenvalue weighted by Crippen LogP contribution is 2.44. The fourth-order valence-corrected chi connectivity index (χ4v) is 4.06. The number of benzene rings is 1. The molecule has 1 aromatic carbocycles. The van der Waals surface area contributed by atoms with Crippen molar-refractivity contribution in [3.63, 3.8) is 0 Å². The number of hydrogen-bond acceptors (Lipinski definition) is 4. The number of carbonyl (C=O) groups is 1. The Labute approximate surface area is 153 Å². The standard InChI is InChI=1S/C17H21N3O2.2ClH/c1-11-19-14-6-5-13(8-15(14)22-11)20-16(21)17-7-3-2-4-12(17)9-18-10-17;;/h5-6,8,12,18H,2-4,7,9-10H2,1H3,(H,20,21);2*1H/t12-,17+;;/m0../s1. The highest BCUT2D eigenvalue weighted by Gasteiger charge is 2.49. The molecule has 1 saturated carbocycles. The summed E-state index contributed by atoms with van der Waals surface area (Å²) in [6.45, 7) is 3.59. The van der Waals surface area contributed by atoms with Crippen LogP contribution < -0.4 is 10.6 Å². The third-order valence-electron chi connectivity index (χ3n) is 5.24. The van der Waals surface area contributed by atoms with E-state index >= 15 is 0 Å². The van der Waals surface area contributed by atoms with Gasteiger partial charge in [0.2, 0.25) is 5.91 Å². The van der Waals surface area contributed by atoms with Crippen LogP contribution in [0.1, 0.15) is 31.6 Å². The van der Waals surface area contributed by atoms with Gasteiger partial charge in [-0.05, 0) is 37.4 Å². The summed E-state index contributed by atoms with van der Waals surface area (Å²) in [6.07, 6.45) is 4.53. The maximum atomic E-state index is 12.9. The molecule has 1 aliphatic carbocycles. The molecule has 0 radical (unpaired) electrons. The van der Waals surface area contributed by atoms with E-state index in [1.54, 1.807) is 0 Å². The number of oxazole rings is 1. The van der Waals surface area contributed by atoms with Crippen molar-refractivity contribution in [2.24, 2.45) is 11.3 Å². The van der Waals surface area contributed by atoms with Gasteiger partial charge >= 0.3 is 0 Å². The Morgan fingerprint density at radius 2 is 2.21 bits per heavy atom. The van der Waals surface area contributed by atoms with Gasteiger partial charge in [-0.25, -0.2) is 4.98 Å². The quantitative estimate of drug-likeness (QED) is 0.844. The normalized spacial score (nSPS) is 25.5. The van der Waals surface area contributed by atoms with E-state index in [2.05, 4.69) is 15.6 Å². The average Bonchev–Trinajstić information content (AvgIpc) is 3.09. The third kappa shape index (κ3) is 3.13. The van der Waals surface area contributed by atoms with E-state index in [1.165, 1.54) is 6.42 Å². The molecule has 2 fully saturated rings. The molecule has 0 spiro atoms. The van der Waals surface area contributed by atoms with Gasteiger partial charge in [0.15, 0.2) is 11.5 Å². The first-order valence-corrected chi connectivity index (χ1v) is 8.07. The maximum absolute atomic E-state index is 12.9. The lowest BCUT2D eigenvalue weighted by molar-refractivity contribution is -0.128. The SMILES string of the molecule is Cc1nc2ccc(NC(=O)[C@@]34CCCC[C@H]3CNC4)cc2o1.Cl.Cl. The van der Waals surface area contributed by atoms with Gasteiger partial charge in [0.05, 0.1) is 5.41 Å². The van der Waals surface area contributed by atoms with Crippen LogP contribution in [0.3, 0.4) is 0 Å². The predicted molar refractivity (Wildman–Crippen MR) is 99.1 cm³/mol. The minimum absolute atomic E-state index is 0. The number of aromatic nitrogens is 1. The van der Waals surface area contributed by atoms with Gasteiger partial charge in [0.1, 0.15) is 5.52 Å². The minimum Gasteiger partial charge on any atom is -0.441 e. The van der Waals surface area contributed by atoms with E-state index in [0.29, 0.717) is 11.8 Å². The van der Waals surface area contributed by atoms with Crippen LogP contribution in [0.2, 0.25) is 0 Å². The molecule has 24 heavy (non-hydrogen) atoms. The van der Waals surface area contributed by atoms with Crippen LogP contribution in [0.4, 0.5) is 5.69 Å². The van der Waals surface area contributed by atoms with Gasteiger partial charge in [-0.15, -0.1) is 24.8 Å². The van der Waals surface area contributed by atoms with Gasteiger partial charge in [0, 0.05) is 25.2 Å². The third-order valence-corrected chi connectivity index (χ3v) is 5.24. The van der Waals surface area contributed by atoms with Crippen LogP contribution in [-0.2, 0) is 4.79 Å². The summed E-state index contributed by atoms with van der Waals surface area (Å²) in [6, 6.07) is 5.66. The Morgan fingerprint density at radius 3 is 3.04 bits per heavy atom. The van der Waals surface area contributed by atoms with Crippen LogP contribution in [0.25, 0.3) is 11.1 Å². The molecule has 5 nitrogen and oxygen atoms in total. The Kier molecular flexibility index (Phi) is 5.78. The summed E-state index contributed by atoms with van der Waals surface area (Å²) >= 11 is 0. The van der Waals surface area contributed by atoms with Crippen molar-refractivity contribution in [1.29, 1.82) is 0 Å². The molecular formula is C17H23Cl2N3O2. The molecule has 2 N–H and O–H groups in total. The first-order valence-electron chi connectivity index (χ1n) is 8.07. The highest BCUT2D eigenvalue weighted by molar-refractivity contribution is 5.97. The van der Waals surface area contributed by atoms with Crippen LogP contribution in [0.5, 0.6) is 0 Å². The minimum atomic E-state index is -0.232. The number of anilines is 1. The Hall–Kier alpha value is -1.30. The molecule has 2 atom stereocenters. The lowest BCUT2D eigenvalue weighted by Crippen LogP contribution is -2.44. The zero-order valence-electron chi connectivity index (χ0n) is 13.6. The monoisotopic (exact) mass is 371 g/mol. The molecule has 1 aromatic heterocycles. The second kappa shape index (κ2) is 7.30. The van der Waals surface area contributed by atoms with Crippen LogP contribution in [0.15, 0.2) is 22.6 Å². The Balaban J connectivity index is 0.00000104. The lowest BCUT2D eigenvalue weighted by atomic mass is 9.67. The summed E-state index contributed by atoms with van der Waals surface area (Å²) < 4.78 is 5.55. The van der Waals surface area contributed by atoms with Crippen molar-refractivity contribution in [1.82, 2.24) is 10.3 Å². The maximum Gasteiger partial charge on any atom is 0.232 e. The molecule has 0 unspecified atom stereocenters. The molecule has 2 heterocycles. The fourth-order valence-electron chi connectivity index (χ4n) is 4.06. The molecule has 2 aliphatic rings. The Bertz CT molecular complexity index is 734. The molecule has 1 amide bonds. The van der Waals surface area contributed by atoms with E-state index in [1.807, 2.05) is 25.1 Å². The summed E-state index contributed by atoms with van der Waals surface area (Å²) in [5, 5.41) is 6.52. The zero-order chi connectivity index (χ0) is 15.2. The van der Waals surface area contributed by atoms with Crippen molar-refractivity contribution in [2.45, 2.75) is 32.6 Å². The molecule has 4 rings (SSSR count). The van der Waals surface area contributed by atoms with E-state index in [4.69, 9.17) is 4.42 Å². The van der Waals surface area contributed by atoms with Crippen molar-refractivity contribution in [2.75, 3.05) is 18.4 Å². The second-order valence-electron chi connectivity index (χ2n) is 6.60. The van der Waals surface area contributed by atoms with E-state index in [-0.39, 0.29) is 36.1 Å². The van der Waals surface area contributed by atoms with Crippen LogP contribution in [-0.4, -0.2) is 24.0 Å². The topological polar surface area (TPSA) is 67.2 Å². The van der Waals surface area contributed by atoms with Crippen molar-refractivity contribution in [3.8, 4) is 0 Å². The van der Waals surface area contributed by atoms with Gasteiger partial charge in [-0.2, -0.15) is 0 Å². The number of rotatable bonds is 2. The van der Waals surface area contributed by atoms with E-state index < -0.39 is 0 Å². The zero-order valence-corrected chi connectivity index (χ0v) is 15.3. The molecule has 1 aliphatic heterocycles. The number of aryl methyl sites for hydroxylation is 1. The van der Waals surface area contributed by atoms with Gasteiger partial charge in [-0.1, -0.05) is 12.8 Å². The predicted octanol–water partition coefficient (Wildman–Crippen LogP) is 3.70. The number of nitrogens with one attached hydrogen (secondary N) is 2. The second-order valence-corrected chi connectivity index (χ2v) is 6.60. The van der Waals surface area contributed by atoms with Crippen LogP contribution in [0, 0.1) is 18.3 Å². The van der Waals surface area contributed by atoms with Gasteiger partial charge in [0.25, 0.3) is 0 Å². The summed E-state index contributed by atoms with van der Waals surface area (Å²) in [5.74, 6) is 1.26. The number of amides is 1. The summed E-state index contributed by atoms with van der Waals surface area (Å²) in [7, 11) is 0. The molecule has 7 heteroatoms. The number of nitrogens with zero attached hydrogens (tertiary/aromatic N) is 1. The smallest absolute Gasteiger partial charge is 0.232 e. The van der Waals surface area contributed by atoms with Crippen molar-refractivity contribution >= 4 is 47.5 Å². The molecule has 2 aromatic rings. The lowest BCUT2D eigenvalue weighted by Gasteiger charge is -2.37. The van der Waals surface area contributed by atoms with Crippen molar-refractivity contribution in [3.05, 3.63) is 24.1 Å². The first kappa shape index (κ1) is 19.0. The molecule has 132 valence electrons. The number of fused-ring (bicyclic) bond motifs is 2.